The number of aliphatic carboxylic acids is 1. The van der Waals surface area contributed by atoms with Gasteiger partial charge in [-0.2, -0.15) is 22.0 Å². The van der Waals surface area contributed by atoms with E-state index in [0.29, 0.717) is 58.1 Å². The van der Waals surface area contributed by atoms with Crippen molar-refractivity contribution in [3.63, 3.8) is 0 Å². The highest BCUT2D eigenvalue weighted by molar-refractivity contribution is 6.31. The molecular weight excluding hydrogens is 752 g/mol. The number of aliphatic hydroxyl groups excluding tert-OH is 1. The molecule has 0 aliphatic carbocycles. The SMILES string of the molecule is C[C@@H]1CCC[C@H](n2cnc(-c3cc(Cl)ccc3-n3cc(Cl)nn3)cc2=O)c2cc(ccn2)-c2ccc(C(F)(F)CO)cc2NC1=O.O=C(O)C(F)(F)F. The van der Waals surface area contributed by atoms with Crippen molar-refractivity contribution in [2.45, 2.75) is 44.3 Å². The summed E-state index contributed by atoms with van der Waals surface area (Å²) in [6, 6.07) is 13.3. The van der Waals surface area contributed by atoms with Crippen molar-refractivity contribution in [1.82, 2.24) is 29.5 Å². The van der Waals surface area contributed by atoms with E-state index in [1.165, 1.54) is 46.0 Å². The first-order valence-corrected chi connectivity index (χ1v) is 16.4. The van der Waals surface area contributed by atoms with Crippen molar-refractivity contribution in [2.24, 2.45) is 5.92 Å². The molecule has 0 saturated heterocycles. The van der Waals surface area contributed by atoms with E-state index in [1.807, 2.05) is 0 Å². The summed E-state index contributed by atoms with van der Waals surface area (Å²) >= 11 is 12.3. The second-order valence-electron chi connectivity index (χ2n) is 11.9. The molecule has 2 atom stereocenters. The molecule has 2 bridgehead atoms. The number of aliphatic hydroxyl groups is 1. The topological polar surface area (TPSA) is 165 Å². The molecule has 0 unspecified atom stereocenters. The number of amides is 1. The van der Waals surface area contributed by atoms with Gasteiger partial charge in [-0.25, -0.2) is 14.5 Å². The molecule has 0 fully saturated rings. The van der Waals surface area contributed by atoms with Crippen LogP contribution in [0.1, 0.15) is 43.5 Å². The molecule has 278 valence electrons. The fourth-order valence-electron chi connectivity index (χ4n) is 5.52. The number of carbonyl (C=O) groups excluding carboxylic acids is 1. The number of halogens is 7. The van der Waals surface area contributed by atoms with Gasteiger partial charge in [0.15, 0.2) is 5.15 Å². The molecule has 2 aromatic carbocycles. The van der Waals surface area contributed by atoms with Crippen LogP contribution in [0, 0.1) is 5.92 Å². The summed E-state index contributed by atoms with van der Waals surface area (Å²) in [5.41, 5.74) is 2.53. The summed E-state index contributed by atoms with van der Waals surface area (Å²) in [7, 11) is 0. The maximum atomic E-state index is 14.4. The van der Waals surface area contributed by atoms with E-state index < -0.39 is 42.2 Å². The Morgan fingerprint density at radius 2 is 1.72 bits per heavy atom. The first kappa shape index (κ1) is 39.0. The van der Waals surface area contributed by atoms with Gasteiger partial charge in [0.05, 0.1) is 35.6 Å². The molecule has 1 aliphatic heterocycles. The predicted molar refractivity (Wildman–Crippen MR) is 183 cm³/mol. The normalized spacial score (nSPS) is 16.3. The molecule has 5 aromatic rings. The van der Waals surface area contributed by atoms with E-state index in [4.69, 9.17) is 33.1 Å². The highest BCUT2D eigenvalue weighted by Gasteiger charge is 2.38. The average molecular weight is 781 g/mol. The fourth-order valence-corrected chi connectivity index (χ4v) is 5.81. The van der Waals surface area contributed by atoms with Crippen LogP contribution in [0.5, 0.6) is 0 Å². The van der Waals surface area contributed by atoms with Gasteiger partial charge in [-0.1, -0.05) is 53.9 Å². The number of nitrogens with zero attached hydrogens (tertiary/aromatic N) is 6. The number of nitrogens with one attached hydrogen (secondary N) is 1. The monoisotopic (exact) mass is 779 g/mol. The Balaban J connectivity index is 0.000000705. The number of aromatic nitrogens is 6. The van der Waals surface area contributed by atoms with E-state index in [2.05, 4.69) is 25.6 Å². The number of fused-ring (bicyclic) bond motifs is 4. The number of anilines is 1. The third kappa shape index (κ3) is 9.04. The third-order valence-electron chi connectivity index (χ3n) is 8.26. The third-order valence-corrected chi connectivity index (χ3v) is 8.66. The maximum absolute atomic E-state index is 14.4. The zero-order chi connectivity index (χ0) is 38.7. The van der Waals surface area contributed by atoms with Crippen LogP contribution in [0.3, 0.4) is 0 Å². The number of carboxylic acid groups (broad SMARTS) is 1. The van der Waals surface area contributed by atoms with Crippen molar-refractivity contribution in [3.8, 4) is 28.1 Å². The van der Waals surface area contributed by atoms with Gasteiger partial charge in [0.1, 0.15) is 6.61 Å². The Bertz CT molecular complexity index is 2210. The van der Waals surface area contributed by atoms with Crippen LogP contribution in [-0.4, -0.2) is 64.4 Å². The summed E-state index contributed by atoms with van der Waals surface area (Å²) in [5, 5.41) is 27.6. The molecule has 0 saturated carbocycles. The standard InChI is InChI=1S/C32H27Cl2F2N7O3.C2HF3O2/c1-18-3-2-4-28(26-11-19(9-10-37-26)22-7-5-20(32(35,36)16-44)12-25(22)39-31(18)46)42-17-38-24(14-30(42)45)23-13-21(33)6-8-27(23)43-15-29(34)40-41-43;3-2(4,5)1(6)7/h5-15,17-18,28,44H,2-4,16H2,1H3,(H,39,46);(H,6,7)/t18-,28+;/m1./s1. The van der Waals surface area contributed by atoms with Crippen molar-refractivity contribution >= 4 is 40.8 Å². The summed E-state index contributed by atoms with van der Waals surface area (Å²) in [4.78, 5) is 45.0. The molecule has 19 heteroatoms. The minimum atomic E-state index is -5.08. The molecule has 12 nitrogen and oxygen atoms in total. The summed E-state index contributed by atoms with van der Waals surface area (Å²) in [5.74, 6) is -7.03. The van der Waals surface area contributed by atoms with Crippen molar-refractivity contribution in [3.05, 3.63) is 105 Å². The number of hydrogen-bond donors (Lipinski definition) is 3. The minimum Gasteiger partial charge on any atom is -0.475 e. The van der Waals surface area contributed by atoms with E-state index >= 15 is 0 Å². The van der Waals surface area contributed by atoms with Gasteiger partial charge in [-0.05, 0) is 54.8 Å². The number of benzene rings is 2. The second kappa shape index (κ2) is 15.8. The molecule has 6 rings (SSSR count). The Morgan fingerprint density at radius 3 is 2.36 bits per heavy atom. The van der Waals surface area contributed by atoms with Gasteiger partial charge >= 0.3 is 12.1 Å². The van der Waals surface area contributed by atoms with Crippen molar-refractivity contribution in [2.75, 3.05) is 11.9 Å². The highest BCUT2D eigenvalue weighted by Crippen LogP contribution is 2.37. The Morgan fingerprint density at radius 1 is 0.981 bits per heavy atom. The largest absolute Gasteiger partial charge is 0.490 e. The molecule has 0 radical (unpaired) electrons. The van der Waals surface area contributed by atoms with E-state index in [1.54, 1.807) is 43.5 Å². The van der Waals surface area contributed by atoms with Crippen LogP contribution < -0.4 is 10.9 Å². The van der Waals surface area contributed by atoms with Crippen LogP contribution in [0.25, 0.3) is 28.1 Å². The van der Waals surface area contributed by atoms with E-state index in [9.17, 15) is 36.6 Å². The predicted octanol–water partition coefficient (Wildman–Crippen LogP) is 6.93. The van der Waals surface area contributed by atoms with Crippen LogP contribution in [0.2, 0.25) is 10.2 Å². The molecule has 1 aliphatic rings. The zero-order valence-electron chi connectivity index (χ0n) is 27.4. The molecular formula is C34H28Cl2F5N7O5. The van der Waals surface area contributed by atoms with Crippen molar-refractivity contribution in [1.29, 1.82) is 0 Å². The average Bonchev–Trinajstić information content (AvgIpc) is 3.55. The molecule has 0 spiro atoms. The summed E-state index contributed by atoms with van der Waals surface area (Å²) in [6.45, 7) is 0.388. The van der Waals surface area contributed by atoms with Crippen molar-refractivity contribution < 1.29 is 41.8 Å². The Labute approximate surface area is 306 Å². The molecule has 3 N–H and O–H groups in total. The fraction of sp³-hybridized carbons (Fsp3) is 0.265. The molecule has 3 aromatic heterocycles. The lowest BCUT2D eigenvalue weighted by Crippen LogP contribution is -2.27. The van der Waals surface area contributed by atoms with Gasteiger partial charge in [-0.15, -0.1) is 5.10 Å². The van der Waals surface area contributed by atoms with Crippen LogP contribution in [-0.2, 0) is 15.5 Å². The minimum absolute atomic E-state index is 0.186. The van der Waals surface area contributed by atoms with Gasteiger partial charge < -0.3 is 15.5 Å². The smallest absolute Gasteiger partial charge is 0.475 e. The lowest BCUT2D eigenvalue weighted by Gasteiger charge is -2.23. The van der Waals surface area contributed by atoms with E-state index in [-0.39, 0.29) is 22.3 Å². The van der Waals surface area contributed by atoms with Gasteiger partial charge in [0, 0.05) is 45.6 Å². The molecule has 53 heavy (non-hydrogen) atoms. The van der Waals surface area contributed by atoms with Crippen LogP contribution in [0.4, 0.5) is 27.6 Å². The zero-order valence-corrected chi connectivity index (χ0v) is 28.9. The summed E-state index contributed by atoms with van der Waals surface area (Å²) in [6.07, 6.45) is 0.967. The number of pyridine rings is 1. The molecule has 1 amide bonds. The van der Waals surface area contributed by atoms with Gasteiger partial charge in [0.25, 0.3) is 11.5 Å². The number of hydrogen-bond acceptors (Lipinski definition) is 8. The van der Waals surface area contributed by atoms with Crippen LogP contribution in [0.15, 0.2) is 78.1 Å². The number of carbonyl (C=O) groups is 2. The highest BCUT2D eigenvalue weighted by atomic mass is 35.5. The summed E-state index contributed by atoms with van der Waals surface area (Å²) < 4.78 is 63.5. The second-order valence-corrected chi connectivity index (χ2v) is 12.7. The Hall–Kier alpha value is -5.26. The number of rotatable bonds is 5. The lowest BCUT2D eigenvalue weighted by atomic mass is 9.94. The van der Waals surface area contributed by atoms with Crippen LogP contribution >= 0.6 is 23.2 Å². The quantitative estimate of drug-likeness (QED) is 0.161. The first-order valence-electron chi connectivity index (χ1n) is 15.7. The Kier molecular flexibility index (Phi) is 11.6. The first-order chi connectivity index (χ1) is 25.0. The maximum Gasteiger partial charge on any atom is 0.490 e. The van der Waals surface area contributed by atoms with Gasteiger partial charge in [0.2, 0.25) is 5.91 Å². The molecule has 4 heterocycles. The number of carboxylic acids is 1. The van der Waals surface area contributed by atoms with E-state index in [0.717, 1.165) is 0 Å². The number of alkyl halides is 5. The lowest BCUT2D eigenvalue weighted by molar-refractivity contribution is -0.192. The van der Waals surface area contributed by atoms with Gasteiger partial charge in [-0.3, -0.25) is 19.1 Å².